The molecular weight excluding hydrogens is 360 g/mol. The van der Waals surface area contributed by atoms with Crippen LogP contribution in [0.2, 0.25) is 0 Å². The lowest BCUT2D eigenvalue weighted by Gasteiger charge is -2.37. The Kier molecular flexibility index (Phi) is 5.95. The van der Waals surface area contributed by atoms with Gasteiger partial charge in [-0.25, -0.2) is 4.98 Å². The topological polar surface area (TPSA) is 61.0 Å². The summed E-state index contributed by atoms with van der Waals surface area (Å²) in [6.45, 7) is 5.66. The fraction of sp³-hybridized carbons (Fsp3) is 0.417. The van der Waals surface area contributed by atoms with E-state index in [0.29, 0.717) is 18.4 Å². The number of carbonyl (C=O) groups is 1. The van der Waals surface area contributed by atoms with E-state index in [-0.39, 0.29) is 11.9 Å². The van der Waals surface area contributed by atoms with Crippen molar-refractivity contribution in [3.63, 3.8) is 0 Å². The first-order chi connectivity index (χ1) is 14.2. The van der Waals surface area contributed by atoms with Crippen molar-refractivity contribution in [2.24, 2.45) is 0 Å². The highest BCUT2D eigenvalue weighted by Crippen LogP contribution is 2.25. The number of rotatable bonds is 6. The summed E-state index contributed by atoms with van der Waals surface area (Å²) in [7, 11) is 0. The Hall–Kier alpha value is -2.66. The van der Waals surface area contributed by atoms with Crippen LogP contribution < -0.4 is 5.32 Å². The molecule has 2 atom stereocenters. The van der Waals surface area contributed by atoms with Gasteiger partial charge >= 0.3 is 0 Å². The van der Waals surface area contributed by atoms with E-state index >= 15 is 0 Å². The predicted molar refractivity (Wildman–Crippen MR) is 117 cm³/mol. The number of imidazole rings is 1. The van der Waals surface area contributed by atoms with Crippen LogP contribution in [0.5, 0.6) is 0 Å². The van der Waals surface area contributed by atoms with Crippen molar-refractivity contribution in [1.82, 2.24) is 20.2 Å². The zero-order chi connectivity index (χ0) is 20.2. The van der Waals surface area contributed by atoms with E-state index in [1.165, 1.54) is 12.0 Å². The zero-order valence-corrected chi connectivity index (χ0v) is 17.3. The lowest BCUT2D eigenvalue weighted by molar-refractivity contribution is 0.0617. The predicted octanol–water partition coefficient (Wildman–Crippen LogP) is 4.43. The first-order valence-corrected chi connectivity index (χ1v) is 10.7. The number of amides is 1. The molecule has 1 aliphatic rings. The molecular formula is C24H30N4O. The number of carbonyl (C=O) groups excluding carboxylic acids is 1. The summed E-state index contributed by atoms with van der Waals surface area (Å²) in [5.41, 5.74) is 4.20. The average molecular weight is 391 g/mol. The molecule has 2 N–H and O–H groups in total. The number of hydrogen-bond donors (Lipinski definition) is 2. The summed E-state index contributed by atoms with van der Waals surface area (Å²) < 4.78 is 0. The smallest absolute Gasteiger partial charge is 0.289 e. The lowest BCUT2D eigenvalue weighted by Crippen LogP contribution is -2.47. The molecule has 1 aliphatic carbocycles. The van der Waals surface area contributed by atoms with Crippen molar-refractivity contribution in [2.45, 2.75) is 58.2 Å². The van der Waals surface area contributed by atoms with Crippen molar-refractivity contribution in [3.8, 4) is 0 Å². The van der Waals surface area contributed by atoms with Crippen LogP contribution in [0.25, 0.3) is 11.0 Å². The van der Waals surface area contributed by atoms with Crippen LogP contribution in [0.1, 0.15) is 54.4 Å². The molecule has 0 spiro atoms. The van der Waals surface area contributed by atoms with Gasteiger partial charge in [0.2, 0.25) is 0 Å². The molecule has 1 fully saturated rings. The average Bonchev–Trinajstić information content (AvgIpc) is 3.20. The molecule has 0 aliphatic heterocycles. The Morgan fingerprint density at radius 1 is 1.17 bits per heavy atom. The number of fused-ring (bicyclic) bond motifs is 1. The van der Waals surface area contributed by atoms with E-state index in [2.05, 4.69) is 46.5 Å². The van der Waals surface area contributed by atoms with Gasteiger partial charge < -0.3 is 15.2 Å². The maximum absolute atomic E-state index is 13.3. The van der Waals surface area contributed by atoms with Gasteiger partial charge in [-0.3, -0.25) is 4.79 Å². The third-order valence-corrected chi connectivity index (χ3v) is 6.04. The van der Waals surface area contributed by atoms with Crippen LogP contribution in [-0.2, 0) is 6.54 Å². The molecule has 1 amide bonds. The van der Waals surface area contributed by atoms with Crippen LogP contribution in [-0.4, -0.2) is 39.4 Å². The second kappa shape index (κ2) is 8.78. The first-order valence-electron chi connectivity index (χ1n) is 10.7. The van der Waals surface area contributed by atoms with Gasteiger partial charge in [-0.15, -0.1) is 0 Å². The summed E-state index contributed by atoms with van der Waals surface area (Å²) in [4.78, 5) is 23.1. The van der Waals surface area contributed by atoms with Crippen LogP contribution >= 0.6 is 0 Å². The van der Waals surface area contributed by atoms with Crippen LogP contribution in [0.15, 0.2) is 48.5 Å². The quantitative estimate of drug-likeness (QED) is 0.654. The highest BCUT2D eigenvalue weighted by molar-refractivity contribution is 5.95. The number of para-hydroxylation sites is 1. The van der Waals surface area contributed by atoms with Gasteiger partial charge in [0.15, 0.2) is 5.82 Å². The largest absolute Gasteiger partial charge is 0.334 e. The van der Waals surface area contributed by atoms with Crippen molar-refractivity contribution >= 4 is 16.9 Å². The summed E-state index contributed by atoms with van der Waals surface area (Å²) in [6.07, 6.45) is 4.35. The van der Waals surface area contributed by atoms with E-state index in [0.717, 1.165) is 42.4 Å². The van der Waals surface area contributed by atoms with Gasteiger partial charge in [-0.1, -0.05) is 42.5 Å². The lowest BCUT2D eigenvalue weighted by atomic mass is 9.89. The summed E-state index contributed by atoms with van der Waals surface area (Å²) in [6, 6.07) is 17.2. The molecule has 1 aromatic heterocycles. The Morgan fingerprint density at radius 2 is 2.00 bits per heavy atom. The fourth-order valence-corrected chi connectivity index (χ4v) is 4.47. The Morgan fingerprint density at radius 3 is 2.76 bits per heavy atom. The monoisotopic (exact) mass is 390 g/mol. The Labute approximate surface area is 172 Å². The van der Waals surface area contributed by atoms with Crippen molar-refractivity contribution in [2.75, 3.05) is 6.54 Å². The zero-order valence-electron chi connectivity index (χ0n) is 17.3. The first kappa shape index (κ1) is 19.6. The third kappa shape index (κ3) is 4.35. The van der Waals surface area contributed by atoms with Gasteiger partial charge in [-0.2, -0.15) is 0 Å². The molecule has 0 radical (unpaired) electrons. The van der Waals surface area contributed by atoms with Crippen LogP contribution in [0.3, 0.4) is 0 Å². The maximum Gasteiger partial charge on any atom is 0.289 e. The number of aromatic nitrogens is 2. The standard InChI is InChI=1S/C24H30N4O/c1-3-28(24(29)23-26-21-14-7-9-17(2)22(21)27-23)20-13-8-12-19(15-20)25-16-18-10-5-4-6-11-18/h4-7,9-11,14,19-20,25H,3,8,12-13,15-16H2,1-2H3,(H,26,27)/t19-,20+/m1/s1. The van der Waals surface area contributed by atoms with Gasteiger partial charge in [-0.05, 0) is 56.7 Å². The van der Waals surface area contributed by atoms with Crippen LogP contribution in [0.4, 0.5) is 0 Å². The highest BCUT2D eigenvalue weighted by Gasteiger charge is 2.30. The van der Waals surface area contributed by atoms with Gasteiger partial charge in [0.1, 0.15) is 0 Å². The fourth-order valence-electron chi connectivity index (χ4n) is 4.47. The van der Waals surface area contributed by atoms with Crippen molar-refractivity contribution in [1.29, 1.82) is 0 Å². The van der Waals surface area contributed by atoms with Gasteiger partial charge in [0.05, 0.1) is 11.0 Å². The molecule has 5 heteroatoms. The highest BCUT2D eigenvalue weighted by atomic mass is 16.2. The number of aryl methyl sites for hydroxylation is 1. The van der Waals surface area contributed by atoms with E-state index < -0.39 is 0 Å². The second-order valence-corrected chi connectivity index (χ2v) is 8.03. The van der Waals surface area contributed by atoms with Gasteiger partial charge in [0, 0.05) is 25.2 Å². The van der Waals surface area contributed by atoms with E-state index in [9.17, 15) is 4.79 Å². The van der Waals surface area contributed by atoms with Crippen LogP contribution in [0, 0.1) is 6.92 Å². The number of nitrogens with one attached hydrogen (secondary N) is 2. The van der Waals surface area contributed by atoms with Crippen molar-refractivity contribution in [3.05, 3.63) is 65.5 Å². The van der Waals surface area contributed by atoms with Crippen molar-refractivity contribution < 1.29 is 4.79 Å². The molecule has 1 heterocycles. The molecule has 3 aromatic rings. The molecule has 152 valence electrons. The molecule has 29 heavy (non-hydrogen) atoms. The minimum Gasteiger partial charge on any atom is -0.334 e. The summed E-state index contributed by atoms with van der Waals surface area (Å²) in [5, 5.41) is 3.69. The third-order valence-electron chi connectivity index (χ3n) is 6.04. The number of hydrogen-bond acceptors (Lipinski definition) is 3. The van der Waals surface area contributed by atoms with Gasteiger partial charge in [0.25, 0.3) is 5.91 Å². The van der Waals surface area contributed by atoms with E-state index in [1.54, 1.807) is 0 Å². The molecule has 0 bridgehead atoms. The number of H-pyrrole nitrogens is 1. The minimum atomic E-state index is 0.0109. The molecule has 2 aromatic carbocycles. The van der Waals surface area contributed by atoms with E-state index in [1.807, 2.05) is 36.1 Å². The molecule has 4 rings (SSSR count). The molecule has 0 unspecified atom stereocenters. The maximum atomic E-state index is 13.3. The molecule has 5 nitrogen and oxygen atoms in total. The number of aromatic amines is 1. The summed E-state index contributed by atoms with van der Waals surface area (Å²) in [5.74, 6) is 0.465. The Balaban J connectivity index is 1.44. The second-order valence-electron chi connectivity index (χ2n) is 8.03. The van der Waals surface area contributed by atoms with E-state index in [4.69, 9.17) is 0 Å². The minimum absolute atomic E-state index is 0.0109. The SMILES string of the molecule is CCN(C(=O)c1nc2c(C)cccc2[nH]1)[C@H]1CCC[C@@H](NCc2ccccc2)C1. The summed E-state index contributed by atoms with van der Waals surface area (Å²) >= 11 is 0. The molecule has 1 saturated carbocycles. The molecule has 0 saturated heterocycles. The number of nitrogens with zero attached hydrogens (tertiary/aromatic N) is 2. The number of benzene rings is 2. The Bertz CT molecular complexity index is 965. The normalized spacial score (nSPS) is 19.4.